The molecule has 31 heavy (non-hydrogen) atoms. The molecule has 1 N–H and O–H groups in total. The molecule has 1 aliphatic heterocycles. The first-order valence-electron chi connectivity index (χ1n) is 9.71. The van der Waals surface area contributed by atoms with Crippen LogP contribution in [0, 0.1) is 19.8 Å². The van der Waals surface area contributed by atoms with E-state index in [1.54, 1.807) is 6.07 Å². The highest BCUT2D eigenvalue weighted by Crippen LogP contribution is 2.31. The number of aromatic nitrogens is 2. The molecule has 1 unspecified atom stereocenters. The molecule has 0 radical (unpaired) electrons. The SMILES string of the molecule is Cc1ccc(-c2nnc(NC(=O)C3CCCN(S(=O)(=O)c4ccc(Cl)s4)C3)o2)cc1C. The summed E-state index contributed by atoms with van der Waals surface area (Å²) in [5.41, 5.74) is 3.01. The third kappa shape index (κ3) is 4.67. The summed E-state index contributed by atoms with van der Waals surface area (Å²) in [5, 5.41) is 10.5. The second kappa shape index (κ2) is 8.70. The minimum absolute atomic E-state index is 0.0109. The van der Waals surface area contributed by atoms with Crippen molar-refractivity contribution >= 4 is 44.9 Å². The van der Waals surface area contributed by atoms with Gasteiger partial charge in [-0.05, 0) is 62.1 Å². The van der Waals surface area contributed by atoms with Crippen LogP contribution < -0.4 is 5.32 Å². The van der Waals surface area contributed by atoms with Gasteiger partial charge < -0.3 is 4.42 Å². The Balaban J connectivity index is 1.44. The summed E-state index contributed by atoms with van der Waals surface area (Å²) in [6.07, 6.45) is 1.15. The van der Waals surface area contributed by atoms with Crippen LogP contribution in [0.15, 0.2) is 39.0 Å². The maximum atomic E-state index is 12.8. The van der Waals surface area contributed by atoms with Gasteiger partial charge in [-0.15, -0.1) is 16.4 Å². The largest absolute Gasteiger partial charge is 0.403 e. The van der Waals surface area contributed by atoms with E-state index in [0.29, 0.717) is 29.6 Å². The third-order valence-electron chi connectivity index (χ3n) is 5.31. The number of halogens is 1. The van der Waals surface area contributed by atoms with E-state index in [0.717, 1.165) is 28.0 Å². The fraction of sp³-hybridized carbons (Fsp3) is 0.350. The Kier molecular flexibility index (Phi) is 6.16. The molecule has 1 aliphatic rings. The molecule has 11 heteroatoms. The molecule has 1 amide bonds. The summed E-state index contributed by atoms with van der Waals surface area (Å²) in [4.78, 5) is 12.7. The van der Waals surface area contributed by atoms with Crippen LogP contribution in [0.4, 0.5) is 6.01 Å². The maximum absolute atomic E-state index is 12.8. The zero-order valence-corrected chi connectivity index (χ0v) is 19.4. The third-order valence-corrected chi connectivity index (χ3v) is 8.87. The predicted molar refractivity (Wildman–Crippen MR) is 119 cm³/mol. The topological polar surface area (TPSA) is 105 Å². The van der Waals surface area contributed by atoms with Crippen LogP contribution in [-0.4, -0.2) is 41.9 Å². The number of carbonyl (C=O) groups is 1. The predicted octanol–water partition coefficient (Wildman–Crippen LogP) is 4.11. The van der Waals surface area contributed by atoms with Crippen molar-refractivity contribution in [1.82, 2.24) is 14.5 Å². The Bertz CT molecular complexity index is 1220. The van der Waals surface area contributed by atoms with Crippen molar-refractivity contribution in [3.8, 4) is 11.5 Å². The van der Waals surface area contributed by atoms with Crippen molar-refractivity contribution in [2.45, 2.75) is 30.9 Å². The molecule has 1 saturated heterocycles. The Morgan fingerprint density at radius 1 is 1.23 bits per heavy atom. The normalized spacial score (nSPS) is 17.6. The summed E-state index contributed by atoms with van der Waals surface area (Å²) < 4.78 is 33.2. The molecule has 164 valence electrons. The Labute approximate surface area is 189 Å². The van der Waals surface area contributed by atoms with Crippen molar-refractivity contribution in [2.24, 2.45) is 5.92 Å². The number of amides is 1. The zero-order chi connectivity index (χ0) is 22.2. The zero-order valence-electron chi connectivity index (χ0n) is 17.0. The van der Waals surface area contributed by atoms with Gasteiger partial charge in [0.05, 0.1) is 10.3 Å². The van der Waals surface area contributed by atoms with E-state index in [9.17, 15) is 13.2 Å². The number of anilines is 1. The van der Waals surface area contributed by atoms with E-state index in [2.05, 4.69) is 15.5 Å². The minimum atomic E-state index is -3.68. The van der Waals surface area contributed by atoms with Crippen molar-refractivity contribution in [3.63, 3.8) is 0 Å². The molecule has 0 spiro atoms. The van der Waals surface area contributed by atoms with Gasteiger partial charge in [-0.2, -0.15) is 4.31 Å². The van der Waals surface area contributed by atoms with Crippen LogP contribution in [-0.2, 0) is 14.8 Å². The lowest BCUT2D eigenvalue weighted by atomic mass is 9.99. The van der Waals surface area contributed by atoms with Crippen molar-refractivity contribution < 1.29 is 17.6 Å². The first-order valence-corrected chi connectivity index (χ1v) is 12.3. The fourth-order valence-electron chi connectivity index (χ4n) is 3.41. The van der Waals surface area contributed by atoms with Crippen LogP contribution >= 0.6 is 22.9 Å². The van der Waals surface area contributed by atoms with Gasteiger partial charge >= 0.3 is 6.01 Å². The molecular weight excluding hydrogens is 460 g/mol. The van der Waals surface area contributed by atoms with Crippen LogP contribution in [0.25, 0.3) is 11.5 Å². The molecule has 3 heterocycles. The number of rotatable bonds is 5. The Hall–Kier alpha value is -2.27. The van der Waals surface area contributed by atoms with Gasteiger partial charge in [0.2, 0.25) is 11.8 Å². The van der Waals surface area contributed by atoms with E-state index in [1.165, 1.54) is 10.4 Å². The Morgan fingerprint density at radius 3 is 2.74 bits per heavy atom. The van der Waals surface area contributed by atoms with Crippen LogP contribution in [0.1, 0.15) is 24.0 Å². The number of nitrogens with one attached hydrogen (secondary N) is 1. The van der Waals surface area contributed by atoms with E-state index in [1.807, 2.05) is 32.0 Å². The van der Waals surface area contributed by atoms with E-state index in [-0.39, 0.29) is 22.7 Å². The molecule has 0 aliphatic carbocycles. The average Bonchev–Trinajstić information content (AvgIpc) is 3.39. The Morgan fingerprint density at radius 2 is 2.03 bits per heavy atom. The smallest absolute Gasteiger partial charge is 0.322 e. The molecule has 1 fully saturated rings. The first kappa shape index (κ1) is 21.9. The van der Waals surface area contributed by atoms with E-state index < -0.39 is 15.9 Å². The lowest BCUT2D eigenvalue weighted by Crippen LogP contribution is -2.43. The number of nitrogens with zero attached hydrogens (tertiary/aromatic N) is 3. The van der Waals surface area contributed by atoms with Crippen molar-refractivity contribution in [2.75, 3.05) is 18.4 Å². The number of hydrogen-bond donors (Lipinski definition) is 1. The van der Waals surface area contributed by atoms with Gasteiger partial charge in [0.15, 0.2) is 0 Å². The highest BCUT2D eigenvalue weighted by Gasteiger charge is 2.34. The van der Waals surface area contributed by atoms with E-state index in [4.69, 9.17) is 16.0 Å². The van der Waals surface area contributed by atoms with Gasteiger partial charge in [0.25, 0.3) is 10.0 Å². The average molecular weight is 481 g/mol. The summed E-state index contributed by atoms with van der Waals surface area (Å²) in [7, 11) is -3.68. The van der Waals surface area contributed by atoms with Crippen LogP contribution in [0.3, 0.4) is 0 Å². The molecule has 0 bridgehead atoms. The molecular formula is C20H21ClN4O4S2. The number of sulfonamides is 1. The molecule has 3 aromatic rings. The van der Waals surface area contributed by atoms with Crippen LogP contribution in [0.2, 0.25) is 4.34 Å². The highest BCUT2D eigenvalue weighted by atomic mass is 35.5. The summed E-state index contributed by atoms with van der Waals surface area (Å²) in [5.74, 6) is -0.559. The van der Waals surface area contributed by atoms with Crippen molar-refractivity contribution in [1.29, 1.82) is 0 Å². The monoisotopic (exact) mass is 480 g/mol. The summed E-state index contributed by atoms with van der Waals surface area (Å²) >= 11 is 6.89. The first-order chi connectivity index (χ1) is 14.7. The number of aryl methyl sites for hydroxylation is 2. The lowest BCUT2D eigenvalue weighted by molar-refractivity contribution is -0.121. The number of benzene rings is 1. The summed E-state index contributed by atoms with van der Waals surface area (Å²) in [6, 6.07) is 8.81. The van der Waals surface area contributed by atoms with Gasteiger partial charge in [-0.1, -0.05) is 22.8 Å². The molecule has 8 nitrogen and oxygen atoms in total. The number of thiophene rings is 1. The number of carbonyl (C=O) groups excluding carboxylic acids is 1. The van der Waals surface area contributed by atoms with Crippen LogP contribution in [0.5, 0.6) is 0 Å². The fourth-order valence-corrected chi connectivity index (χ4v) is 6.57. The second-order valence-corrected chi connectivity index (χ2v) is 11.3. The van der Waals surface area contributed by atoms with Gasteiger partial charge in [0, 0.05) is 18.7 Å². The molecule has 1 atom stereocenters. The lowest BCUT2D eigenvalue weighted by Gasteiger charge is -2.30. The van der Waals surface area contributed by atoms with E-state index >= 15 is 0 Å². The quantitative estimate of drug-likeness (QED) is 0.589. The maximum Gasteiger partial charge on any atom is 0.322 e. The molecule has 2 aromatic heterocycles. The van der Waals surface area contributed by atoms with Gasteiger partial charge in [-0.3, -0.25) is 10.1 Å². The molecule has 0 saturated carbocycles. The number of hydrogen-bond acceptors (Lipinski definition) is 7. The molecule has 1 aromatic carbocycles. The van der Waals surface area contributed by atoms with Crippen molar-refractivity contribution in [3.05, 3.63) is 45.8 Å². The molecule has 4 rings (SSSR count). The number of piperidine rings is 1. The summed E-state index contributed by atoms with van der Waals surface area (Å²) in [6.45, 7) is 4.45. The van der Waals surface area contributed by atoms with Gasteiger partial charge in [-0.25, -0.2) is 8.42 Å². The van der Waals surface area contributed by atoms with Gasteiger partial charge in [0.1, 0.15) is 4.21 Å². The second-order valence-electron chi connectivity index (χ2n) is 7.46. The minimum Gasteiger partial charge on any atom is -0.403 e. The highest BCUT2D eigenvalue weighted by molar-refractivity contribution is 7.91. The standard InChI is InChI=1S/C20H21ClN4O4S2/c1-12-5-6-14(10-13(12)2)19-23-24-20(29-19)22-18(26)15-4-3-9-25(11-15)31(27,28)17-8-7-16(21)30-17/h5-8,10,15H,3-4,9,11H2,1-2H3,(H,22,24,26).